The van der Waals surface area contributed by atoms with E-state index in [0.717, 1.165) is 42.3 Å². The molecule has 0 radical (unpaired) electrons. The summed E-state index contributed by atoms with van der Waals surface area (Å²) in [7, 11) is 0. The zero-order chi connectivity index (χ0) is 17.5. The summed E-state index contributed by atoms with van der Waals surface area (Å²) < 4.78 is 0. The molecule has 0 unspecified atom stereocenters. The molecule has 3 aromatic rings. The van der Waals surface area contributed by atoms with Crippen molar-refractivity contribution in [3.8, 4) is 11.4 Å². The highest BCUT2D eigenvalue weighted by atomic mass is 15.0. The summed E-state index contributed by atoms with van der Waals surface area (Å²) in [5, 5.41) is 6.76. The number of aromatic nitrogens is 3. The van der Waals surface area contributed by atoms with E-state index < -0.39 is 0 Å². The molecular formula is C20H23N5. The van der Waals surface area contributed by atoms with E-state index in [0.29, 0.717) is 5.82 Å². The maximum atomic E-state index is 4.60. The summed E-state index contributed by atoms with van der Waals surface area (Å²) >= 11 is 0. The van der Waals surface area contributed by atoms with Gasteiger partial charge in [0, 0.05) is 48.5 Å². The van der Waals surface area contributed by atoms with E-state index >= 15 is 0 Å². The summed E-state index contributed by atoms with van der Waals surface area (Å²) in [5.74, 6) is 1.51. The topological polar surface area (TPSA) is 62.7 Å². The average Bonchev–Trinajstić information content (AvgIpc) is 2.66. The Morgan fingerprint density at radius 1 is 1.00 bits per heavy atom. The van der Waals surface area contributed by atoms with Gasteiger partial charge < -0.3 is 10.6 Å². The predicted molar refractivity (Wildman–Crippen MR) is 103 cm³/mol. The van der Waals surface area contributed by atoms with Gasteiger partial charge >= 0.3 is 0 Å². The van der Waals surface area contributed by atoms with Crippen LogP contribution in [-0.4, -0.2) is 21.5 Å². The quantitative estimate of drug-likeness (QED) is 0.675. The molecule has 0 aliphatic carbocycles. The van der Waals surface area contributed by atoms with Gasteiger partial charge in [-0.15, -0.1) is 0 Å². The van der Waals surface area contributed by atoms with Gasteiger partial charge in [0.1, 0.15) is 5.82 Å². The van der Waals surface area contributed by atoms with Crippen molar-refractivity contribution < 1.29 is 0 Å². The van der Waals surface area contributed by atoms with E-state index in [-0.39, 0.29) is 0 Å². The molecule has 0 amide bonds. The van der Waals surface area contributed by atoms with E-state index in [9.17, 15) is 0 Å². The van der Waals surface area contributed by atoms with Crippen molar-refractivity contribution in [1.82, 2.24) is 15.0 Å². The molecule has 0 bridgehead atoms. The fourth-order valence-electron chi connectivity index (χ4n) is 2.49. The smallest absolute Gasteiger partial charge is 0.163 e. The van der Waals surface area contributed by atoms with Crippen molar-refractivity contribution in [3.63, 3.8) is 0 Å². The highest BCUT2D eigenvalue weighted by molar-refractivity contribution is 5.56. The Labute approximate surface area is 148 Å². The number of anilines is 2. The van der Waals surface area contributed by atoms with Crippen LogP contribution in [0.2, 0.25) is 0 Å². The fraction of sp³-hybridized carbons (Fsp3) is 0.250. The number of pyridine rings is 1. The third-order valence-electron chi connectivity index (χ3n) is 3.78. The molecule has 2 N–H and O–H groups in total. The molecule has 5 nitrogen and oxygen atoms in total. The lowest BCUT2D eigenvalue weighted by Gasteiger charge is -2.10. The summed E-state index contributed by atoms with van der Waals surface area (Å²) in [6.45, 7) is 5.85. The maximum Gasteiger partial charge on any atom is 0.163 e. The van der Waals surface area contributed by atoms with Gasteiger partial charge in [-0.05, 0) is 43.2 Å². The van der Waals surface area contributed by atoms with Crippen molar-refractivity contribution in [2.24, 2.45) is 0 Å². The van der Waals surface area contributed by atoms with Gasteiger partial charge in [-0.2, -0.15) is 0 Å². The molecular weight excluding hydrogens is 310 g/mol. The third-order valence-corrected chi connectivity index (χ3v) is 3.78. The molecule has 0 atom stereocenters. The Hall–Kier alpha value is -2.95. The van der Waals surface area contributed by atoms with Crippen LogP contribution in [0.3, 0.4) is 0 Å². The second kappa shape index (κ2) is 8.24. The molecule has 128 valence electrons. The minimum absolute atomic E-state index is 0.690. The van der Waals surface area contributed by atoms with Gasteiger partial charge in [0.05, 0.1) is 0 Å². The Morgan fingerprint density at radius 2 is 1.84 bits per heavy atom. The number of hydrogen-bond acceptors (Lipinski definition) is 5. The summed E-state index contributed by atoms with van der Waals surface area (Å²) in [6.07, 6.45) is 4.65. The third kappa shape index (κ3) is 4.76. The molecule has 0 saturated heterocycles. The normalized spacial score (nSPS) is 10.5. The number of nitrogens with zero attached hydrogens (tertiary/aromatic N) is 3. The minimum atomic E-state index is 0.690. The second-order valence-corrected chi connectivity index (χ2v) is 5.94. The molecule has 25 heavy (non-hydrogen) atoms. The molecule has 2 aromatic heterocycles. The van der Waals surface area contributed by atoms with Crippen LogP contribution in [0, 0.1) is 6.92 Å². The molecule has 0 aliphatic rings. The van der Waals surface area contributed by atoms with Crippen LogP contribution >= 0.6 is 0 Å². The zero-order valence-electron chi connectivity index (χ0n) is 14.7. The first-order valence-corrected chi connectivity index (χ1v) is 8.57. The second-order valence-electron chi connectivity index (χ2n) is 5.94. The van der Waals surface area contributed by atoms with Crippen LogP contribution in [0.4, 0.5) is 11.5 Å². The van der Waals surface area contributed by atoms with Gasteiger partial charge in [-0.3, -0.25) is 4.98 Å². The van der Waals surface area contributed by atoms with Crippen molar-refractivity contribution in [2.45, 2.75) is 26.8 Å². The summed E-state index contributed by atoms with van der Waals surface area (Å²) in [5.41, 5.74) is 4.21. The van der Waals surface area contributed by atoms with E-state index in [2.05, 4.69) is 56.8 Å². The fourth-order valence-corrected chi connectivity index (χ4v) is 2.49. The molecule has 2 heterocycles. The van der Waals surface area contributed by atoms with Gasteiger partial charge in [-0.1, -0.05) is 19.1 Å². The van der Waals surface area contributed by atoms with Crippen molar-refractivity contribution >= 4 is 11.5 Å². The van der Waals surface area contributed by atoms with Crippen LogP contribution in [0.5, 0.6) is 0 Å². The Kier molecular flexibility index (Phi) is 5.57. The standard InChI is InChI=1S/C20H23N5/c1-3-10-22-18-8-6-16(7-9-18)13-23-19-12-15(2)24-20(25-19)17-5-4-11-21-14-17/h4-9,11-12,14,22H,3,10,13H2,1-2H3,(H,23,24,25). The summed E-state index contributed by atoms with van der Waals surface area (Å²) in [4.78, 5) is 13.2. The van der Waals surface area contributed by atoms with Crippen LogP contribution < -0.4 is 10.6 Å². The highest BCUT2D eigenvalue weighted by Crippen LogP contribution is 2.17. The number of aryl methyl sites for hydroxylation is 1. The van der Waals surface area contributed by atoms with Crippen molar-refractivity contribution in [1.29, 1.82) is 0 Å². The lowest BCUT2D eigenvalue weighted by atomic mass is 10.2. The first-order valence-electron chi connectivity index (χ1n) is 8.57. The van der Waals surface area contributed by atoms with E-state index in [1.54, 1.807) is 12.4 Å². The van der Waals surface area contributed by atoms with E-state index in [1.165, 1.54) is 5.56 Å². The van der Waals surface area contributed by atoms with E-state index in [1.807, 2.05) is 25.1 Å². The van der Waals surface area contributed by atoms with Crippen molar-refractivity contribution in [2.75, 3.05) is 17.2 Å². The Morgan fingerprint density at radius 3 is 2.56 bits per heavy atom. The molecule has 1 aromatic carbocycles. The molecule has 0 saturated carbocycles. The van der Waals surface area contributed by atoms with Crippen molar-refractivity contribution in [3.05, 3.63) is 66.1 Å². The largest absolute Gasteiger partial charge is 0.385 e. The lowest BCUT2D eigenvalue weighted by molar-refractivity contribution is 0.979. The maximum absolute atomic E-state index is 4.60. The SMILES string of the molecule is CCCNc1ccc(CNc2cc(C)nc(-c3cccnc3)n2)cc1. The zero-order valence-corrected chi connectivity index (χ0v) is 14.7. The number of nitrogens with one attached hydrogen (secondary N) is 2. The minimum Gasteiger partial charge on any atom is -0.385 e. The molecule has 0 spiro atoms. The van der Waals surface area contributed by atoms with Crippen LogP contribution in [-0.2, 0) is 6.54 Å². The Balaban J connectivity index is 1.68. The lowest BCUT2D eigenvalue weighted by Crippen LogP contribution is -2.04. The van der Waals surface area contributed by atoms with Gasteiger partial charge in [0.25, 0.3) is 0 Å². The molecule has 0 aliphatic heterocycles. The molecule has 3 rings (SSSR count). The monoisotopic (exact) mass is 333 g/mol. The van der Waals surface area contributed by atoms with Gasteiger partial charge in [0.2, 0.25) is 0 Å². The number of benzene rings is 1. The number of rotatable bonds is 7. The summed E-state index contributed by atoms with van der Waals surface area (Å²) in [6, 6.07) is 14.3. The first-order chi connectivity index (χ1) is 12.2. The van der Waals surface area contributed by atoms with Crippen LogP contribution in [0.15, 0.2) is 54.9 Å². The highest BCUT2D eigenvalue weighted by Gasteiger charge is 2.05. The van der Waals surface area contributed by atoms with Gasteiger partial charge in [0.15, 0.2) is 5.82 Å². The number of hydrogen-bond donors (Lipinski definition) is 2. The molecule has 5 heteroatoms. The average molecular weight is 333 g/mol. The van der Waals surface area contributed by atoms with Crippen LogP contribution in [0.1, 0.15) is 24.6 Å². The van der Waals surface area contributed by atoms with Gasteiger partial charge in [-0.25, -0.2) is 9.97 Å². The van der Waals surface area contributed by atoms with Crippen LogP contribution in [0.25, 0.3) is 11.4 Å². The first kappa shape index (κ1) is 16.9. The molecule has 0 fully saturated rings. The predicted octanol–water partition coefficient (Wildman–Crippen LogP) is 4.28. The van der Waals surface area contributed by atoms with E-state index in [4.69, 9.17) is 0 Å². The Bertz CT molecular complexity index is 800.